The maximum Gasteiger partial charge on any atom is 0.352 e. The number of hydrogen-bond acceptors (Lipinski definition) is 5. The number of nitrogen functional groups attached to an aromatic ring is 1. The Hall–Kier alpha value is -2.57. The zero-order valence-corrected chi connectivity index (χ0v) is 9.58. The van der Waals surface area contributed by atoms with Crippen molar-refractivity contribution in [1.29, 1.82) is 0 Å². The molecular formula is C11H11N3O4. The topological polar surface area (TPSA) is 105 Å². The molecule has 7 nitrogen and oxygen atoms in total. The molecule has 0 aliphatic carbocycles. The van der Waals surface area contributed by atoms with Crippen molar-refractivity contribution >= 4 is 29.0 Å². The summed E-state index contributed by atoms with van der Waals surface area (Å²) < 4.78 is 5.09. The van der Waals surface area contributed by atoms with Crippen LogP contribution >= 0.6 is 0 Å². The average Bonchev–Trinajstić information content (AvgIpc) is 2.71. The Balaban J connectivity index is 2.45. The van der Waals surface area contributed by atoms with Gasteiger partial charge in [-0.05, 0) is 18.2 Å². The van der Waals surface area contributed by atoms with Gasteiger partial charge in [-0.25, -0.2) is 4.79 Å². The Morgan fingerprint density at radius 2 is 2.28 bits per heavy atom. The molecule has 0 spiro atoms. The largest absolute Gasteiger partial charge is 0.494 e. The Bertz CT molecular complexity index is 553. The molecule has 1 amide bonds. The quantitative estimate of drug-likeness (QED) is 0.757. The van der Waals surface area contributed by atoms with Crippen molar-refractivity contribution < 1.29 is 19.4 Å². The average molecular weight is 249 g/mol. The van der Waals surface area contributed by atoms with E-state index in [1.807, 2.05) is 0 Å². The number of benzene rings is 1. The third-order valence-corrected chi connectivity index (χ3v) is 2.45. The number of amides is 1. The van der Waals surface area contributed by atoms with Crippen LogP contribution in [0.25, 0.3) is 0 Å². The van der Waals surface area contributed by atoms with Crippen molar-refractivity contribution in [3.63, 3.8) is 0 Å². The highest BCUT2D eigenvalue weighted by atomic mass is 16.5. The minimum absolute atomic E-state index is 0.204. The molecule has 0 bridgehead atoms. The van der Waals surface area contributed by atoms with E-state index >= 15 is 0 Å². The number of hydrogen-bond donors (Lipinski definition) is 2. The minimum Gasteiger partial charge on any atom is -0.494 e. The number of carbonyl (C=O) groups excluding carboxylic acids is 1. The van der Waals surface area contributed by atoms with E-state index in [1.54, 1.807) is 12.1 Å². The summed E-state index contributed by atoms with van der Waals surface area (Å²) in [6.07, 6.45) is -0.243. The van der Waals surface area contributed by atoms with Crippen LogP contribution in [0, 0.1) is 0 Å². The van der Waals surface area contributed by atoms with Gasteiger partial charge in [0.15, 0.2) is 5.71 Å². The molecule has 1 aliphatic rings. The van der Waals surface area contributed by atoms with Gasteiger partial charge in [0.05, 0.1) is 13.5 Å². The number of carbonyl (C=O) groups is 2. The summed E-state index contributed by atoms with van der Waals surface area (Å²) in [5.74, 6) is -1.25. The Labute approximate surface area is 102 Å². The molecule has 1 heterocycles. The molecule has 0 aromatic heterocycles. The van der Waals surface area contributed by atoms with Gasteiger partial charge in [-0.1, -0.05) is 0 Å². The van der Waals surface area contributed by atoms with Crippen molar-refractivity contribution in [2.24, 2.45) is 5.10 Å². The van der Waals surface area contributed by atoms with Crippen molar-refractivity contribution in [3.8, 4) is 5.75 Å². The van der Waals surface area contributed by atoms with Gasteiger partial charge in [-0.15, -0.1) is 0 Å². The van der Waals surface area contributed by atoms with Crippen LogP contribution in [-0.4, -0.2) is 29.8 Å². The Kier molecular flexibility index (Phi) is 2.88. The van der Waals surface area contributed by atoms with Crippen LogP contribution < -0.4 is 15.5 Å². The third-order valence-electron chi connectivity index (χ3n) is 2.45. The maximum absolute atomic E-state index is 11.7. The first-order valence-corrected chi connectivity index (χ1v) is 5.10. The van der Waals surface area contributed by atoms with Crippen LogP contribution in [0.5, 0.6) is 5.75 Å². The zero-order chi connectivity index (χ0) is 13.3. The Morgan fingerprint density at radius 1 is 1.56 bits per heavy atom. The molecule has 0 atom stereocenters. The molecule has 18 heavy (non-hydrogen) atoms. The molecule has 7 heteroatoms. The van der Waals surface area contributed by atoms with Crippen LogP contribution in [0.3, 0.4) is 0 Å². The fourth-order valence-electron chi connectivity index (χ4n) is 1.61. The minimum atomic E-state index is -1.21. The van der Waals surface area contributed by atoms with E-state index in [-0.39, 0.29) is 12.1 Å². The number of carboxylic acids is 1. The number of rotatable bonds is 3. The number of ether oxygens (including phenoxy) is 1. The molecule has 1 aromatic rings. The fourth-order valence-corrected chi connectivity index (χ4v) is 1.61. The number of nitrogens with two attached hydrogens (primary N) is 1. The summed E-state index contributed by atoms with van der Waals surface area (Å²) >= 11 is 0. The molecule has 0 fully saturated rings. The summed E-state index contributed by atoms with van der Waals surface area (Å²) in [7, 11) is 1.44. The summed E-state index contributed by atoms with van der Waals surface area (Å²) in [6, 6.07) is 4.71. The van der Waals surface area contributed by atoms with Gasteiger partial charge < -0.3 is 15.6 Å². The van der Waals surface area contributed by atoms with Crippen molar-refractivity contribution in [1.82, 2.24) is 0 Å². The van der Waals surface area contributed by atoms with Crippen molar-refractivity contribution in [2.75, 3.05) is 17.9 Å². The highest BCUT2D eigenvalue weighted by Crippen LogP contribution is 2.32. The fraction of sp³-hybridized carbons (Fsp3) is 0.182. The van der Waals surface area contributed by atoms with E-state index in [0.717, 1.165) is 5.01 Å². The number of nitrogens with zero attached hydrogens (tertiary/aromatic N) is 2. The van der Waals surface area contributed by atoms with E-state index in [1.165, 1.54) is 13.2 Å². The Morgan fingerprint density at radius 3 is 2.83 bits per heavy atom. The van der Waals surface area contributed by atoms with Crippen LogP contribution in [0.4, 0.5) is 11.4 Å². The van der Waals surface area contributed by atoms with Crippen molar-refractivity contribution in [3.05, 3.63) is 18.2 Å². The van der Waals surface area contributed by atoms with E-state index in [2.05, 4.69) is 5.10 Å². The van der Waals surface area contributed by atoms with E-state index in [0.29, 0.717) is 17.1 Å². The highest BCUT2D eigenvalue weighted by molar-refractivity contribution is 6.42. The molecular weight excluding hydrogens is 238 g/mol. The van der Waals surface area contributed by atoms with Gasteiger partial charge in [-0.3, -0.25) is 4.79 Å². The summed E-state index contributed by atoms with van der Waals surface area (Å²) in [4.78, 5) is 22.5. The van der Waals surface area contributed by atoms with Gasteiger partial charge >= 0.3 is 5.97 Å². The first kappa shape index (κ1) is 11.9. The second kappa shape index (κ2) is 4.36. The number of aliphatic carboxylic acids is 1. The molecule has 1 aliphatic heterocycles. The lowest BCUT2D eigenvalue weighted by atomic mass is 10.2. The number of carboxylic acid groups (broad SMARTS) is 1. The van der Waals surface area contributed by atoms with E-state index < -0.39 is 11.9 Å². The number of hydrazone groups is 1. The lowest BCUT2D eigenvalue weighted by Gasteiger charge is -2.15. The highest BCUT2D eigenvalue weighted by Gasteiger charge is 2.30. The van der Waals surface area contributed by atoms with Gasteiger partial charge in [-0.2, -0.15) is 10.1 Å². The maximum atomic E-state index is 11.7. The monoisotopic (exact) mass is 249 g/mol. The van der Waals surface area contributed by atoms with Crippen molar-refractivity contribution in [2.45, 2.75) is 6.42 Å². The lowest BCUT2D eigenvalue weighted by molar-refractivity contribution is -0.129. The van der Waals surface area contributed by atoms with E-state index in [4.69, 9.17) is 15.6 Å². The second-order valence-electron chi connectivity index (χ2n) is 3.67. The molecule has 0 saturated carbocycles. The number of methoxy groups -OCH3 is 1. The zero-order valence-electron chi connectivity index (χ0n) is 9.58. The smallest absolute Gasteiger partial charge is 0.352 e. The SMILES string of the molecule is COc1ccc(N)cc1N1N=C(C(=O)O)CC1=O. The molecule has 3 N–H and O–H groups in total. The van der Waals surface area contributed by atoms with Crippen LogP contribution in [0.1, 0.15) is 6.42 Å². The summed E-state index contributed by atoms with van der Waals surface area (Å²) in [5, 5.41) is 13.6. The van der Waals surface area contributed by atoms with Gasteiger partial charge in [0.25, 0.3) is 5.91 Å². The first-order valence-electron chi connectivity index (χ1n) is 5.10. The normalized spacial score (nSPS) is 14.6. The molecule has 2 rings (SSSR count). The predicted molar refractivity (Wildman–Crippen MR) is 64.6 cm³/mol. The van der Waals surface area contributed by atoms with Gasteiger partial charge in [0.1, 0.15) is 11.4 Å². The molecule has 0 unspecified atom stereocenters. The first-order chi connectivity index (χ1) is 8.52. The lowest BCUT2D eigenvalue weighted by Crippen LogP contribution is -2.20. The third kappa shape index (κ3) is 1.97. The standard InChI is InChI=1S/C11H11N3O4/c1-18-9-3-2-6(12)4-8(9)14-10(15)5-7(13-14)11(16)17/h2-4H,5,12H2,1H3,(H,16,17). The summed E-state index contributed by atoms with van der Waals surface area (Å²) in [6.45, 7) is 0. The van der Waals surface area contributed by atoms with E-state index in [9.17, 15) is 9.59 Å². The molecule has 0 radical (unpaired) electrons. The molecule has 94 valence electrons. The molecule has 0 saturated heterocycles. The number of anilines is 2. The van der Waals surface area contributed by atoms with Gasteiger partial charge in [0, 0.05) is 5.69 Å². The van der Waals surface area contributed by atoms with Crippen LogP contribution in [0.15, 0.2) is 23.3 Å². The second-order valence-corrected chi connectivity index (χ2v) is 3.67. The summed E-state index contributed by atoms with van der Waals surface area (Å²) in [5.41, 5.74) is 6.19. The van der Waals surface area contributed by atoms with Crippen LogP contribution in [-0.2, 0) is 9.59 Å². The van der Waals surface area contributed by atoms with Gasteiger partial charge in [0.2, 0.25) is 0 Å². The predicted octanol–water partition coefficient (Wildman–Crippen LogP) is 0.455. The van der Waals surface area contributed by atoms with Crippen LogP contribution in [0.2, 0.25) is 0 Å². The molecule has 1 aromatic carbocycles.